The summed E-state index contributed by atoms with van der Waals surface area (Å²) in [7, 11) is 0. The van der Waals surface area contributed by atoms with Crippen molar-refractivity contribution in [3.8, 4) is 5.69 Å². The first kappa shape index (κ1) is 19.7. The summed E-state index contributed by atoms with van der Waals surface area (Å²) >= 11 is 0. The van der Waals surface area contributed by atoms with Gasteiger partial charge in [0.05, 0.1) is 16.8 Å². The van der Waals surface area contributed by atoms with E-state index in [0.29, 0.717) is 11.8 Å². The lowest BCUT2D eigenvalue weighted by molar-refractivity contribution is -0.132. The first-order valence-corrected chi connectivity index (χ1v) is 12.0. The Morgan fingerprint density at radius 3 is 2.44 bits per heavy atom. The molecule has 0 spiro atoms. The van der Waals surface area contributed by atoms with Crippen LogP contribution in [0.1, 0.15) is 55.1 Å². The Morgan fingerprint density at radius 2 is 1.72 bits per heavy atom. The van der Waals surface area contributed by atoms with Gasteiger partial charge in [-0.15, -0.1) is 0 Å². The van der Waals surface area contributed by atoms with Gasteiger partial charge >= 0.3 is 0 Å². The standard InChI is InChI=1S/C25H30N6O/c1-16-4-10-20(11-5-16)31-24-21(17(2)28-31)23(26-22(27-24)18-6-7-18)29-12-3-13-30(15-14-29)25(32)19-8-9-19/h4-5,10-11,18-19H,3,6-9,12-15H2,1-2H3. The molecule has 3 fully saturated rings. The fraction of sp³-hybridized carbons (Fsp3) is 0.520. The van der Waals surface area contributed by atoms with E-state index >= 15 is 0 Å². The number of benzene rings is 1. The highest BCUT2D eigenvalue weighted by atomic mass is 16.2. The van der Waals surface area contributed by atoms with E-state index in [1.54, 1.807) is 0 Å². The van der Waals surface area contributed by atoms with Crippen molar-refractivity contribution in [3.05, 3.63) is 41.3 Å². The van der Waals surface area contributed by atoms with Crippen LogP contribution in [0.5, 0.6) is 0 Å². The molecule has 7 heteroatoms. The average molecular weight is 431 g/mol. The molecule has 1 aliphatic heterocycles. The van der Waals surface area contributed by atoms with Crippen molar-refractivity contribution in [2.75, 3.05) is 31.1 Å². The van der Waals surface area contributed by atoms with Crippen molar-refractivity contribution < 1.29 is 4.79 Å². The highest BCUT2D eigenvalue weighted by Gasteiger charge is 2.35. The fourth-order valence-electron chi connectivity index (χ4n) is 4.74. The summed E-state index contributed by atoms with van der Waals surface area (Å²) in [4.78, 5) is 27.2. The van der Waals surface area contributed by atoms with Gasteiger partial charge in [-0.25, -0.2) is 14.6 Å². The quantitative estimate of drug-likeness (QED) is 0.631. The topological polar surface area (TPSA) is 67.2 Å². The predicted octanol–water partition coefficient (Wildman–Crippen LogP) is 3.76. The van der Waals surface area contributed by atoms with Crippen LogP contribution < -0.4 is 4.90 Å². The van der Waals surface area contributed by atoms with Crippen molar-refractivity contribution in [1.82, 2.24) is 24.6 Å². The average Bonchev–Trinajstić information content (AvgIpc) is 3.70. The second kappa shape index (κ2) is 7.57. The summed E-state index contributed by atoms with van der Waals surface area (Å²) in [5.41, 5.74) is 4.10. The van der Waals surface area contributed by atoms with E-state index in [2.05, 4.69) is 47.9 Å². The Bertz CT molecular complexity index is 1180. The molecule has 0 atom stereocenters. The number of carbonyl (C=O) groups is 1. The van der Waals surface area contributed by atoms with Crippen molar-refractivity contribution in [1.29, 1.82) is 0 Å². The molecule has 0 radical (unpaired) electrons. The van der Waals surface area contributed by atoms with E-state index in [0.717, 1.165) is 92.3 Å². The van der Waals surface area contributed by atoms with Gasteiger partial charge in [0.25, 0.3) is 0 Å². The molecule has 0 N–H and O–H groups in total. The Morgan fingerprint density at radius 1 is 0.938 bits per heavy atom. The van der Waals surface area contributed by atoms with Gasteiger partial charge < -0.3 is 9.80 Å². The van der Waals surface area contributed by atoms with Crippen molar-refractivity contribution in [3.63, 3.8) is 0 Å². The molecular weight excluding hydrogens is 400 g/mol. The van der Waals surface area contributed by atoms with Crippen LogP contribution in [0.3, 0.4) is 0 Å². The summed E-state index contributed by atoms with van der Waals surface area (Å²) in [5, 5.41) is 5.93. The Labute approximate surface area is 188 Å². The first-order valence-electron chi connectivity index (χ1n) is 12.0. The minimum absolute atomic E-state index is 0.281. The Kier molecular flexibility index (Phi) is 4.66. The lowest BCUT2D eigenvalue weighted by Gasteiger charge is -2.24. The molecule has 1 saturated heterocycles. The van der Waals surface area contributed by atoms with Gasteiger partial charge in [0.1, 0.15) is 11.6 Å². The number of fused-ring (bicyclic) bond motifs is 1. The van der Waals surface area contributed by atoms with Gasteiger partial charge in [-0.2, -0.15) is 5.10 Å². The van der Waals surface area contributed by atoms with E-state index < -0.39 is 0 Å². The molecular formula is C25H30N6O. The number of aromatic nitrogens is 4. The molecule has 0 bridgehead atoms. The molecule has 2 aliphatic carbocycles. The second-order valence-electron chi connectivity index (χ2n) is 9.65. The minimum atomic E-state index is 0.281. The van der Waals surface area contributed by atoms with Crippen molar-refractivity contribution in [2.45, 2.75) is 51.9 Å². The SMILES string of the molecule is Cc1ccc(-n2nc(C)c3c(N4CCCN(C(=O)C5CC5)CC4)nc(C4CC4)nc32)cc1. The van der Waals surface area contributed by atoms with Crippen LogP contribution in [-0.4, -0.2) is 56.7 Å². The molecule has 7 nitrogen and oxygen atoms in total. The number of hydrogen-bond donors (Lipinski definition) is 0. The number of hydrogen-bond acceptors (Lipinski definition) is 5. The van der Waals surface area contributed by atoms with Gasteiger partial charge in [0.2, 0.25) is 5.91 Å². The van der Waals surface area contributed by atoms with E-state index in [1.807, 2.05) is 4.68 Å². The smallest absolute Gasteiger partial charge is 0.225 e. The molecule has 1 aromatic carbocycles. The summed E-state index contributed by atoms with van der Waals surface area (Å²) in [5.74, 6) is 3.02. The van der Waals surface area contributed by atoms with Crippen LogP contribution in [0.4, 0.5) is 5.82 Å². The van der Waals surface area contributed by atoms with Gasteiger partial charge in [0.15, 0.2) is 5.65 Å². The van der Waals surface area contributed by atoms with Crippen LogP contribution in [0, 0.1) is 19.8 Å². The predicted molar refractivity (Wildman–Crippen MR) is 124 cm³/mol. The number of amides is 1. The first-order chi connectivity index (χ1) is 15.6. The van der Waals surface area contributed by atoms with Crippen LogP contribution in [-0.2, 0) is 4.79 Å². The molecule has 2 saturated carbocycles. The second-order valence-corrected chi connectivity index (χ2v) is 9.65. The van der Waals surface area contributed by atoms with Crippen LogP contribution in [0.15, 0.2) is 24.3 Å². The number of rotatable bonds is 4. The highest BCUT2D eigenvalue weighted by molar-refractivity contribution is 5.91. The summed E-state index contributed by atoms with van der Waals surface area (Å²) < 4.78 is 1.97. The molecule has 1 amide bonds. The number of anilines is 1. The zero-order valence-corrected chi connectivity index (χ0v) is 18.9. The number of carbonyl (C=O) groups excluding carboxylic acids is 1. The zero-order chi connectivity index (χ0) is 21.8. The van der Waals surface area contributed by atoms with E-state index in [-0.39, 0.29) is 5.92 Å². The lowest BCUT2D eigenvalue weighted by atomic mass is 10.2. The zero-order valence-electron chi connectivity index (χ0n) is 18.9. The number of aryl methyl sites for hydroxylation is 2. The Balaban J connectivity index is 1.40. The van der Waals surface area contributed by atoms with Crippen molar-refractivity contribution in [2.24, 2.45) is 5.92 Å². The molecule has 6 rings (SSSR count). The van der Waals surface area contributed by atoms with Crippen LogP contribution >= 0.6 is 0 Å². The molecule has 3 aromatic rings. The molecule has 32 heavy (non-hydrogen) atoms. The third-order valence-electron chi connectivity index (χ3n) is 6.96. The maximum atomic E-state index is 12.6. The molecule has 2 aromatic heterocycles. The van der Waals surface area contributed by atoms with Crippen LogP contribution in [0.2, 0.25) is 0 Å². The van der Waals surface area contributed by atoms with E-state index in [9.17, 15) is 4.79 Å². The largest absolute Gasteiger partial charge is 0.354 e. The van der Waals surface area contributed by atoms with E-state index in [4.69, 9.17) is 15.1 Å². The summed E-state index contributed by atoms with van der Waals surface area (Å²) in [6.45, 7) is 7.47. The number of nitrogens with zero attached hydrogens (tertiary/aromatic N) is 6. The lowest BCUT2D eigenvalue weighted by Crippen LogP contribution is -2.36. The van der Waals surface area contributed by atoms with Crippen LogP contribution in [0.25, 0.3) is 16.7 Å². The summed E-state index contributed by atoms with van der Waals surface area (Å²) in [6.07, 6.45) is 5.41. The van der Waals surface area contributed by atoms with E-state index in [1.165, 1.54) is 5.56 Å². The highest BCUT2D eigenvalue weighted by Crippen LogP contribution is 2.41. The fourth-order valence-corrected chi connectivity index (χ4v) is 4.74. The van der Waals surface area contributed by atoms with Gasteiger partial charge in [-0.3, -0.25) is 4.79 Å². The monoisotopic (exact) mass is 430 g/mol. The van der Waals surface area contributed by atoms with Crippen molar-refractivity contribution >= 4 is 22.8 Å². The normalized spacial score (nSPS) is 19.4. The summed E-state index contributed by atoms with van der Waals surface area (Å²) in [6, 6.07) is 8.44. The molecule has 3 aliphatic rings. The third-order valence-corrected chi connectivity index (χ3v) is 6.96. The third kappa shape index (κ3) is 3.53. The minimum Gasteiger partial charge on any atom is -0.354 e. The van der Waals surface area contributed by atoms with Gasteiger partial charge in [-0.05, 0) is 58.1 Å². The maximum Gasteiger partial charge on any atom is 0.225 e. The molecule has 0 unspecified atom stereocenters. The molecule has 3 heterocycles. The van der Waals surface area contributed by atoms with Gasteiger partial charge in [0, 0.05) is 38.0 Å². The molecule has 166 valence electrons. The Hall–Kier alpha value is -2.96. The van der Waals surface area contributed by atoms with Gasteiger partial charge in [-0.1, -0.05) is 17.7 Å². The maximum absolute atomic E-state index is 12.6.